The van der Waals surface area contributed by atoms with Crippen molar-refractivity contribution in [2.75, 3.05) is 13.7 Å². The zero-order valence-electron chi connectivity index (χ0n) is 14.6. The summed E-state index contributed by atoms with van der Waals surface area (Å²) in [5.41, 5.74) is 2.19. The molecular formula is C17H19N3O4S2. The number of hydrogen-bond donors (Lipinski definition) is 1. The van der Waals surface area contributed by atoms with Crippen LogP contribution in [0.1, 0.15) is 17.1 Å². The molecule has 0 aliphatic carbocycles. The van der Waals surface area contributed by atoms with E-state index < -0.39 is 10.0 Å². The normalized spacial score (nSPS) is 11.7. The van der Waals surface area contributed by atoms with Gasteiger partial charge in [0, 0.05) is 23.9 Å². The van der Waals surface area contributed by atoms with E-state index in [9.17, 15) is 8.42 Å². The van der Waals surface area contributed by atoms with Crippen LogP contribution in [0.3, 0.4) is 0 Å². The van der Waals surface area contributed by atoms with E-state index in [1.54, 1.807) is 21.0 Å². The molecule has 0 aliphatic heterocycles. The number of nitrogens with zero attached hydrogens (tertiary/aromatic N) is 2. The second kappa shape index (κ2) is 7.56. The zero-order chi connectivity index (χ0) is 18.7. The van der Waals surface area contributed by atoms with Gasteiger partial charge in [-0.2, -0.15) is 0 Å². The van der Waals surface area contributed by atoms with Crippen LogP contribution in [-0.4, -0.2) is 32.2 Å². The largest absolute Gasteiger partial charge is 0.497 e. The summed E-state index contributed by atoms with van der Waals surface area (Å²) in [6.45, 7) is 3.43. The third-order valence-corrected chi connectivity index (χ3v) is 6.44. The van der Waals surface area contributed by atoms with E-state index in [-0.39, 0.29) is 17.2 Å². The molecule has 0 bridgehead atoms. The number of rotatable bonds is 7. The van der Waals surface area contributed by atoms with Gasteiger partial charge in [0.1, 0.15) is 21.3 Å². The molecule has 2 aromatic heterocycles. The van der Waals surface area contributed by atoms with Crippen molar-refractivity contribution < 1.29 is 17.7 Å². The summed E-state index contributed by atoms with van der Waals surface area (Å²) in [4.78, 5) is 4.67. The first kappa shape index (κ1) is 18.6. The van der Waals surface area contributed by atoms with Gasteiger partial charge in [-0.15, -0.1) is 11.3 Å². The number of methoxy groups -OCH3 is 1. The molecule has 3 rings (SSSR count). The third-order valence-electron chi connectivity index (χ3n) is 3.80. The molecule has 9 heteroatoms. The number of benzene rings is 1. The number of nitrogens with one attached hydrogen (secondary N) is 1. The lowest BCUT2D eigenvalue weighted by Crippen LogP contribution is -2.26. The fourth-order valence-corrected chi connectivity index (χ4v) is 4.75. The second-order valence-corrected chi connectivity index (χ2v) is 8.24. The number of aryl methyl sites for hydroxylation is 2. The van der Waals surface area contributed by atoms with Gasteiger partial charge in [-0.3, -0.25) is 0 Å². The Hall–Kier alpha value is -2.23. The average molecular weight is 393 g/mol. The molecule has 3 aromatic rings. The number of sulfonamides is 1. The minimum Gasteiger partial charge on any atom is -0.497 e. The number of hydrogen-bond acceptors (Lipinski definition) is 7. The average Bonchev–Trinajstić information content (AvgIpc) is 3.22. The van der Waals surface area contributed by atoms with Crippen LogP contribution in [0.15, 0.2) is 39.1 Å². The van der Waals surface area contributed by atoms with E-state index in [0.717, 1.165) is 22.0 Å². The van der Waals surface area contributed by atoms with Gasteiger partial charge in [0.25, 0.3) is 0 Å². The first-order valence-electron chi connectivity index (χ1n) is 7.92. The van der Waals surface area contributed by atoms with Crippen molar-refractivity contribution in [1.29, 1.82) is 0 Å². The van der Waals surface area contributed by atoms with E-state index in [4.69, 9.17) is 9.26 Å². The first-order valence-corrected chi connectivity index (χ1v) is 10.3. The zero-order valence-corrected chi connectivity index (χ0v) is 16.3. The molecule has 0 amide bonds. The number of aromatic nitrogens is 2. The molecule has 2 heterocycles. The van der Waals surface area contributed by atoms with Crippen LogP contribution in [0.5, 0.6) is 5.75 Å². The molecule has 0 spiro atoms. The second-order valence-electron chi connectivity index (χ2n) is 5.67. The van der Waals surface area contributed by atoms with Gasteiger partial charge >= 0.3 is 0 Å². The van der Waals surface area contributed by atoms with Crippen molar-refractivity contribution in [2.24, 2.45) is 0 Å². The van der Waals surface area contributed by atoms with Gasteiger partial charge in [0.15, 0.2) is 5.76 Å². The van der Waals surface area contributed by atoms with Crippen molar-refractivity contribution >= 4 is 21.4 Å². The molecule has 0 saturated heterocycles. The lowest BCUT2D eigenvalue weighted by atomic mass is 10.2. The molecule has 138 valence electrons. The maximum absolute atomic E-state index is 12.4. The lowest BCUT2D eigenvalue weighted by Gasteiger charge is -2.05. The van der Waals surface area contributed by atoms with Crippen LogP contribution in [0.2, 0.25) is 0 Å². The summed E-state index contributed by atoms with van der Waals surface area (Å²) < 4.78 is 37.4. The molecule has 0 unspecified atom stereocenters. The van der Waals surface area contributed by atoms with Crippen LogP contribution in [0.25, 0.3) is 10.6 Å². The van der Waals surface area contributed by atoms with E-state index in [1.165, 1.54) is 11.3 Å². The highest BCUT2D eigenvalue weighted by Crippen LogP contribution is 2.26. The van der Waals surface area contributed by atoms with Gasteiger partial charge in [-0.25, -0.2) is 18.1 Å². The molecule has 0 fully saturated rings. The van der Waals surface area contributed by atoms with Crippen molar-refractivity contribution in [3.63, 3.8) is 0 Å². The van der Waals surface area contributed by atoms with Gasteiger partial charge in [0.05, 0.1) is 12.8 Å². The summed E-state index contributed by atoms with van der Waals surface area (Å²) in [7, 11) is -2.02. The maximum Gasteiger partial charge on any atom is 0.245 e. The summed E-state index contributed by atoms with van der Waals surface area (Å²) in [5, 5.41) is 6.50. The Bertz CT molecular complexity index is 972. The molecule has 7 nitrogen and oxygen atoms in total. The van der Waals surface area contributed by atoms with Crippen LogP contribution in [0.4, 0.5) is 0 Å². The van der Waals surface area contributed by atoms with E-state index in [1.807, 2.05) is 29.6 Å². The van der Waals surface area contributed by atoms with Crippen molar-refractivity contribution in [3.05, 3.63) is 46.8 Å². The predicted octanol–water partition coefficient (Wildman–Crippen LogP) is 2.94. The molecule has 26 heavy (non-hydrogen) atoms. The highest BCUT2D eigenvalue weighted by atomic mass is 32.2. The highest BCUT2D eigenvalue weighted by Gasteiger charge is 2.23. The molecule has 1 aromatic carbocycles. The Morgan fingerprint density at radius 2 is 1.96 bits per heavy atom. The molecule has 0 aliphatic rings. The Labute approximate surface area is 156 Å². The van der Waals surface area contributed by atoms with Crippen LogP contribution in [0, 0.1) is 13.8 Å². The lowest BCUT2D eigenvalue weighted by molar-refractivity contribution is 0.390. The van der Waals surface area contributed by atoms with Crippen molar-refractivity contribution in [1.82, 2.24) is 14.9 Å². The molecule has 0 saturated carbocycles. The van der Waals surface area contributed by atoms with Crippen LogP contribution < -0.4 is 9.46 Å². The standard InChI is InChI=1S/C17H19N3O4S2/c1-11-16(12(2)24-20-11)26(21,22)18-9-8-14-10-25-17(19-14)13-4-6-15(23-3)7-5-13/h4-7,10,18H,8-9H2,1-3H3. The minimum atomic E-state index is -3.65. The van der Waals surface area contributed by atoms with E-state index in [0.29, 0.717) is 12.1 Å². The number of ether oxygens (including phenoxy) is 1. The fourth-order valence-electron chi connectivity index (χ4n) is 2.53. The van der Waals surface area contributed by atoms with Crippen LogP contribution in [-0.2, 0) is 16.4 Å². The third kappa shape index (κ3) is 3.95. The highest BCUT2D eigenvalue weighted by molar-refractivity contribution is 7.89. The molecule has 0 radical (unpaired) electrons. The summed E-state index contributed by atoms with van der Waals surface area (Å²) >= 11 is 1.52. The van der Waals surface area contributed by atoms with Gasteiger partial charge in [0.2, 0.25) is 10.0 Å². The Balaban J connectivity index is 1.63. The Kier molecular flexibility index (Phi) is 5.40. The first-order chi connectivity index (χ1) is 12.4. The monoisotopic (exact) mass is 393 g/mol. The fraction of sp³-hybridized carbons (Fsp3) is 0.294. The topological polar surface area (TPSA) is 94.3 Å². The number of thiazole rings is 1. The van der Waals surface area contributed by atoms with Gasteiger partial charge in [-0.05, 0) is 38.1 Å². The minimum absolute atomic E-state index is 0.106. The summed E-state index contributed by atoms with van der Waals surface area (Å²) in [6, 6.07) is 7.66. The molecule has 1 N–H and O–H groups in total. The van der Waals surface area contributed by atoms with Gasteiger partial charge in [-0.1, -0.05) is 5.16 Å². The van der Waals surface area contributed by atoms with E-state index >= 15 is 0 Å². The Morgan fingerprint density at radius 1 is 1.23 bits per heavy atom. The van der Waals surface area contributed by atoms with E-state index in [2.05, 4.69) is 14.9 Å². The maximum atomic E-state index is 12.4. The summed E-state index contributed by atoms with van der Waals surface area (Å²) in [6.07, 6.45) is 0.495. The Morgan fingerprint density at radius 3 is 2.58 bits per heavy atom. The van der Waals surface area contributed by atoms with Crippen molar-refractivity contribution in [2.45, 2.75) is 25.2 Å². The quantitative estimate of drug-likeness (QED) is 0.663. The SMILES string of the molecule is COc1ccc(-c2nc(CCNS(=O)(=O)c3c(C)noc3C)cs2)cc1. The van der Waals surface area contributed by atoms with Crippen molar-refractivity contribution in [3.8, 4) is 16.3 Å². The molecular weight excluding hydrogens is 374 g/mol. The predicted molar refractivity (Wildman–Crippen MR) is 99.0 cm³/mol. The smallest absolute Gasteiger partial charge is 0.245 e. The van der Waals surface area contributed by atoms with Crippen LogP contribution >= 0.6 is 11.3 Å². The molecule has 0 atom stereocenters. The van der Waals surface area contributed by atoms with Gasteiger partial charge < -0.3 is 9.26 Å². The summed E-state index contributed by atoms with van der Waals surface area (Å²) in [5.74, 6) is 1.07.